The molecular weight excluding hydrogens is 358 g/mol. The summed E-state index contributed by atoms with van der Waals surface area (Å²) in [6.07, 6.45) is 0.0735. The number of fused-ring (bicyclic) bond motifs is 1. The van der Waals surface area contributed by atoms with Crippen molar-refractivity contribution < 1.29 is 27.6 Å². The number of para-hydroxylation sites is 1. The molecule has 1 aromatic heterocycles. The summed E-state index contributed by atoms with van der Waals surface area (Å²) in [5, 5.41) is 4.74. The highest BCUT2D eigenvalue weighted by Gasteiger charge is 2.17. The van der Waals surface area contributed by atoms with Gasteiger partial charge in [-0.1, -0.05) is 23.4 Å². The summed E-state index contributed by atoms with van der Waals surface area (Å²) in [6.45, 7) is -2.74. The maximum absolute atomic E-state index is 12.5. The Bertz CT molecular complexity index is 942. The van der Waals surface area contributed by atoms with Crippen molar-refractivity contribution in [2.75, 3.05) is 14.2 Å². The number of aromatic nitrogens is 1. The van der Waals surface area contributed by atoms with Gasteiger partial charge in [0.1, 0.15) is 5.69 Å². The van der Waals surface area contributed by atoms with Crippen LogP contribution in [0.4, 0.5) is 8.78 Å². The van der Waals surface area contributed by atoms with Crippen LogP contribution in [0.5, 0.6) is 11.5 Å². The first-order valence-corrected chi connectivity index (χ1v) is 8.17. The second-order valence-electron chi connectivity index (χ2n) is 5.92. The lowest BCUT2D eigenvalue weighted by atomic mass is 10.1. The molecule has 0 radical (unpaired) electrons. The lowest BCUT2D eigenvalue weighted by Crippen LogP contribution is -2.27. The molecule has 6 nitrogen and oxygen atoms in total. The zero-order chi connectivity index (χ0) is 19.4. The minimum absolute atomic E-state index is 0.0735. The molecule has 0 bridgehead atoms. The Labute approximate surface area is 154 Å². The lowest BCUT2D eigenvalue weighted by molar-refractivity contribution is -0.129. The minimum atomic E-state index is -2.96. The SMILES string of the molecule is COc1ccc(CN(C)C(=O)Cc2noc3ccccc23)cc1OC(F)F. The summed E-state index contributed by atoms with van der Waals surface area (Å²) >= 11 is 0. The van der Waals surface area contributed by atoms with E-state index < -0.39 is 6.61 Å². The number of hydrogen-bond donors (Lipinski definition) is 0. The fourth-order valence-electron chi connectivity index (χ4n) is 2.71. The van der Waals surface area contributed by atoms with E-state index in [1.165, 1.54) is 24.1 Å². The molecule has 0 aliphatic carbocycles. The fourth-order valence-corrected chi connectivity index (χ4v) is 2.71. The van der Waals surface area contributed by atoms with Gasteiger partial charge in [-0.2, -0.15) is 8.78 Å². The Balaban J connectivity index is 1.71. The van der Waals surface area contributed by atoms with Gasteiger partial charge in [-0.15, -0.1) is 0 Å². The molecule has 0 saturated carbocycles. The number of carbonyl (C=O) groups is 1. The Morgan fingerprint density at radius 1 is 1.22 bits per heavy atom. The second kappa shape index (κ2) is 8.03. The Hall–Kier alpha value is -3.16. The number of rotatable bonds is 7. The van der Waals surface area contributed by atoms with Crippen molar-refractivity contribution in [1.29, 1.82) is 0 Å². The molecule has 0 saturated heterocycles. The summed E-state index contributed by atoms with van der Waals surface area (Å²) in [7, 11) is 2.99. The van der Waals surface area contributed by atoms with Crippen LogP contribution in [-0.2, 0) is 17.8 Å². The second-order valence-corrected chi connectivity index (χ2v) is 5.92. The molecule has 0 N–H and O–H groups in total. The number of likely N-dealkylation sites (N-methyl/N-ethyl adjacent to an activating group) is 1. The number of benzene rings is 2. The maximum Gasteiger partial charge on any atom is 0.387 e. The summed E-state index contributed by atoms with van der Waals surface area (Å²) in [5.74, 6) is -0.0587. The zero-order valence-corrected chi connectivity index (χ0v) is 14.8. The Kier molecular flexibility index (Phi) is 5.54. The molecule has 2 aromatic carbocycles. The van der Waals surface area contributed by atoms with Crippen molar-refractivity contribution >= 4 is 16.9 Å². The van der Waals surface area contributed by atoms with Crippen LogP contribution >= 0.6 is 0 Å². The third kappa shape index (κ3) is 4.33. The van der Waals surface area contributed by atoms with E-state index in [1.54, 1.807) is 19.2 Å². The molecular formula is C19H18F2N2O4. The average Bonchev–Trinajstić information content (AvgIpc) is 3.04. The number of amides is 1. The van der Waals surface area contributed by atoms with Crippen LogP contribution in [-0.4, -0.2) is 36.7 Å². The summed E-state index contributed by atoms with van der Waals surface area (Å²) < 4.78 is 39.8. The smallest absolute Gasteiger partial charge is 0.387 e. The monoisotopic (exact) mass is 376 g/mol. The number of methoxy groups -OCH3 is 1. The van der Waals surface area contributed by atoms with Crippen LogP contribution in [0.1, 0.15) is 11.3 Å². The highest BCUT2D eigenvalue weighted by atomic mass is 19.3. The highest BCUT2D eigenvalue weighted by molar-refractivity contribution is 5.86. The Morgan fingerprint density at radius 2 is 2.00 bits per heavy atom. The van der Waals surface area contributed by atoms with E-state index in [1.807, 2.05) is 18.2 Å². The third-order valence-electron chi connectivity index (χ3n) is 4.06. The lowest BCUT2D eigenvalue weighted by Gasteiger charge is -2.18. The molecule has 3 rings (SSSR count). The van der Waals surface area contributed by atoms with Gasteiger partial charge >= 0.3 is 6.61 Å². The molecule has 0 fully saturated rings. The third-order valence-corrected chi connectivity index (χ3v) is 4.06. The van der Waals surface area contributed by atoms with Crippen molar-refractivity contribution in [3.05, 3.63) is 53.7 Å². The largest absolute Gasteiger partial charge is 0.493 e. The Morgan fingerprint density at radius 3 is 2.74 bits per heavy atom. The van der Waals surface area contributed by atoms with Crippen LogP contribution in [0.2, 0.25) is 0 Å². The maximum atomic E-state index is 12.5. The van der Waals surface area contributed by atoms with Gasteiger partial charge in [0.05, 0.1) is 13.5 Å². The van der Waals surface area contributed by atoms with Gasteiger partial charge in [-0.25, -0.2) is 0 Å². The summed E-state index contributed by atoms with van der Waals surface area (Å²) in [5.41, 5.74) is 1.80. The van der Waals surface area contributed by atoms with Gasteiger partial charge in [0.25, 0.3) is 0 Å². The standard InChI is InChI=1S/C19H18F2N2O4/c1-23(11-12-7-8-16(25-2)17(9-12)26-19(20)21)18(24)10-14-13-5-3-4-6-15(13)27-22-14/h3-9,19H,10-11H2,1-2H3. The molecule has 27 heavy (non-hydrogen) atoms. The van der Waals surface area contributed by atoms with Gasteiger partial charge in [0.2, 0.25) is 5.91 Å². The van der Waals surface area contributed by atoms with Gasteiger partial charge in [0, 0.05) is 19.0 Å². The molecule has 0 atom stereocenters. The summed E-state index contributed by atoms with van der Waals surface area (Å²) in [6, 6.07) is 11.9. The number of carbonyl (C=O) groups excluding carboxylic acids is 1. The van der Waals surface area contributed by atoms with Crippen molar-refractivity contribution in [2.45, 2.75) is 19.6 Å². The molecule has 1 amide bonds. The van der Waals surface area contributed by atoms with Crippen molar-refractivity contribution in [1.82, 2.24) is 10.1 Å². The predicted octanol–water partition coefficient (Wildman–Crippen LogP) is 3.64. The molecule has 8 heteroatoms. The van der Waals surface area contributed by atoms with E-state index in [0.717, 1.165) is 5.39 Å². The summed E-state index contributed by atoms with van der Waals surface area (Å²) in [4.78, 5) is 14.0. The average molecular weight is 376 g/mol. The first-order valence-electron chi connectivity index (χ1n) is 8.17. The van der Waals surface area contributed by atoms with E-state index >= 15 is 0 Å². The van der Waals surface area contributed by atoms with Gasteiger partial charge in [0.15, 0.2) is 17.1 Å². The normalized spacial score (nSPS) is 11.0. The van der Waals surface area contributed by atoms with Crippen LogP contribution in [0.3, 0.4) is 0 Å². The van der Waals surface area contributed by atoms with Crippen molar-refractivity contribution in [3.63, 3.8) is 0 Å². The van der Waals surface area contributed by atoms with Crippen LogP contribution in [0, 0.1) is 0 Å². The van der Waals surface area contributed by atoms with Crippen LogP contribution in [0.15, 0.2) is 47.0 Å². The zero-order valence-electron chi connectivity index (χ0n) is 14.8. The highest BCUT2D eigenvalue weighted by Crippen LogP contribution is 2.30. The number of ether oxygens (including phenoxy) is 2. The number of nitrogens with zero attached hydrogens (tertiary/aromatic N) is 2. The fraction of sp³-hybridized carbons (Fsp3) is 0.263. The van der Waals surface area contributed by atoms with E-state index in [4.69, 9.17) is 9.26 Å². The minimum Gasteiger partial charge on any atom is -0.493 e. The number of alkyl halides is 2. The van der Waals surface area contributed by atoms with E-state index in [9.17, 15) is 13.6 Å². The topological polar surface area (TPSA) is 64.8 Å². The molecule has 1 heterocycles. The molecule has 0 unspecified atom stereocenters. The van der Waals surface area contributed by atoms with Gasteiger partial charge in [-0.05, 0) is 29.8 Å². The molecule has 0 aliphatic rings. The first kappa shape index (κ1) is 18.6. The van der Waals surface area contributed by atoms with Gasteiger partial charge in [-0.3, -0.25) is 4.79 Å². The quantitative estimate of drug-likeness (QED) is 0.630. The molecule has 142 valence electrons. The molecule has 0 aliphatic heterocycles. The van der Waals surface area contributed by atoms with Crippen molar-refractivity contribution in [3.8, 4) is 11.5 Å². The number of hydrogen-bond acceptors (Lipinski definition) is 5. The molecule has 0 spiro atoms. The number of halogens is 2. The van der Waals surface area contributed by atoms with Crippen LogP contribution in [0.25, 0.3) is 11.0 Å². The van der Waals surface area contributed by atoms with E-state index in [0.29, 0.717) is 16.8 Å². The van der Waals surface area contributed by atoms with Gasteiger partial charge < -0.3 is 18.9 Å². The predicted molar refractivity (Wildman–Crippen MR) is 93.8 cm³/mol. The first-order chi connectivity index (χ1) is 13.0. The van der Waals surface area contributed by atoms with Crippen LogP contribution < -0.4 is 9.47 Å². The van der Waals surface area contributed by atoms with E-state index in [2.05, 4.69) is 9.89 Å². The van der Waals surface area contributed by atoms with Crippen molar-refractivity contribution in [2.24, 2.45) is 0 Å². The molecule has 3 aromatic rings. The van der Waals surface area contributed by atoms with E-state index in [-0.39, 0.29) is 30.4 Å².